The highest BCUT2D eigenvalue weighted by molar-refractivity contribution is 7.91. The van der Waals surface area contributed by atoms with Crippen LogP contribution < -0.4 is 4.90 Å². The molecule has 0 N–H and O–H groups in total. The molecule has 0 aliphatic carbocycles. The maximum absolute atomic E-state index is 11.4. The predicted octanol–water partition coefficient (Wildman–Crippen LogP) is 2.16. The number of nitrogens with zero attached hydrogens (tertiary/aromatic N) is 2. The van der Waals surface area contributed by atoms with Crippen LogP contribution in [0.2, 0.25) is 5.15 Å². The van der Waals surface area contributed by atoms with Crippen LogP contribution in [0.1, 0.15) is 11.3 Å². The molecule has 1 aromatic rings. The van der Waals surface area contributed by atoms with Crippen LogP contribution in [0.3, 0.4) is 0 Å². The fourth-order valence-corrected chi connectivity index (χ4v) is 5.07. The Morgan fingerprint density at radius 3 is 2.76 bits per heavy atom. The molecular weight excluding hydrogens is 303 g/mol. The van der Waals surface area contributed by atoms with Crippen molar-refractivity contribution in [1.82, 2.24) is 4.98 Å². The van der Waals surface area contributed by atoms with Gasteiger partial charge in [-0.15, -0.1) is 11.6 Å². The standard InChI is InChI=1S/C9H12Cl2N2O2S2/c1-13(6-2-3-17(14,15)5-6)9-12-8(11)7(4-10)16-9/h6H,2-5H2,1H3. The van der Waals surface area contributed by atoms with Gasteiger partial charge in [0.25, 0.3) is 0 Å². The minimum absolute atomic E-state index is 0.00890. The summed E-state index contributed by atoms with van der Waals surface area (Å²) in [6.07, 6.45) is 0.645. The second-order valence-corrected chi connectivity index (χ2v) is 7.93. The highest BCUT2D eigenvalue weighted by Gasteiger charge is 2.32. The van der Waals surface area contributed by atoms with Gasteiger partial charge in [-0.25, -0.2) is 13.4 Å². The average molecular weight is 315 g/mol. The van der Waals surface area contributed by atoms with Crippen LogP contribution in [-0.2, 0) is 15.7 Å². The molecule has 1 aliphatic heterocycles. The van der Waals surface area contributed by atoms with Gasteiger partial charge in [0.2, 0.25) is 0 Å². The fraction of sp³-hybridized carbons (Fsp3) is 0.667. The Labute approximate surface area is 114 Å². The summed E-state index contributed by atoms with van der Waals surface area (Å²) in [7, 11) is -1.04. The van der Waals surface area contributed by atoms with E-state index >= 15 is 0 Å². The van der Waals surface area contributed by atoms with Crippen molar-refractivity contribution in [2.24, 2.45) is 0 Å². The fourth-order valence-electron chi connectivity index (χ4n) is 1.79. The van der Waals surface area contributed by atoms with Crippen LogP contribution in [0, 0.1) is 0 Å². The molecule has 1 atom stereocenters. The molecule has 2 heterocycles. The van der Waals surface area contributed by atoms with Crippen molar-refractivity contribution >= 4 is 49.5 Å². The van der Waals surface area contributed by atoms with Gasteiger partial charge in [0.1, 0.15) is 5.15 Å². The van der Waals surface area contributed by atoms with Gasteiger partial charge in [0.15, 0.2) is 15.0 Å². The number of sulfone groups is 1. The number of hydrogen-bond acceptors (Lipinski definition) is 5. The molecule has 0 radical (unpaired) electrons. The molecule has 1 aromatic heterocycles. The lowest BCUT2D eigenvalue weighted by Crippen LogP contribution is -2.32. The number of rotatable bonds is 3. The monoisotopic (exact) mass is 314 g/mol. The van der Waals surface area contributed by atoms with Gasteiger partial charge in [-0.2, -0.15) is 0 Å². The third-order valence-electron chi connectivity index (χ3n) is 2.82. The van der Waals surface area contributed by atoms with Crippen LogP contribution in [0.25, 0.3) is 0 Å². The van der Waals surface area contributed by atoms with E-state index in [1.54, 1.807) is 0 Å². The molecule has 0 aromatic carbocycles. The Hall–Kier alpha value is -0.0400. The lowest BCUT2D eigenvalue weighted by Gasteiger charge is -2.22. The number of halogens is 2. The van der Waals surface area contributed by atoms with Crippen LogP contribution in [0.4, 0.5) is 5.13 Å². The van der Waals surface area contributed by atoms with E-state index in [2.05, 4.69) is 4.98 Å². The van der Waals surface area contributed by atoms with E-state index in [1.807, 2.05) is 11.9 Å². The van der Waals surface area contributed by atoms with Crippen molar-refractivity contribution in [3.63, 3.8) is 0 Å². The lowest BCUT2D eigenvalue weighted by atomic mass is 10.2. The third-order valence-corrected chi connectivity index (χ3v) is 6.56. The largest absolute Gasteiger partial charge is 0.347 e. The molecule has 1 aliphatic rings. The van der Waals surface area contributed by atoms with E-state index in [9.17, 15) is 8.42 Å². The first-order chi connectivity index (χ1) is 7.93. The van der Waals surface area contributed by atoms with Crippen molar-refractivity contribution in [2.75, 3.05) is 23.5 Å². The Morgan fingerprint density at radius 2 is 2.29 bits per heavy atom. The molecule has 1 saturated heterocycles. The average Bonchev–Trinajstić information content (AvgIpc) is 2.80. The normalized spacial score (nSPS) is 22.9. The molecule has 8 heteroatoms. The minimum atomic E-state index is -2.88. The van der Waals surface area contributed by atoms with Gasteiger partial charge >= 0.3 is 0 Å². The Kier molecular flexibility index (Phi) is 3.87. The van der Waals surface area contributed by atoms with Gasteiger partial charge in [0.05, 0.1) is 22.3 Å². The maximum Gasteiger partial charge on any atom is 0.187 e. The van der Waals surface area contributed by atoms with E-state index in [0.717, 1.165) is 10.0 Å². The minimum Gasteiger partial charge on any atom is -0.347 e. The molecule has 96 valence electrons. The first-order valence-electron chi connectivity index (χ1n) is 5.07. The summed E-state index contributed by atoms with van der Waals surface area (Å²) >= 11 is 13.1. The first kappa shape index (κ1) is 13.4. The van der Waals surface area contributed by atoms with E-state index in [-0.39, 0.29) is 17.5 Å². The summed E-state index contributed by atoms with van der Waals surface area (Å²) in [6.45, 7) is 0. The Morgan fingerprint density at radius 1 is 1.59 bits per heavy atom. The van der Waals surface area contributed by atoms with E-state index in [0.29, 0.717) is 17.5 Å². The van der Waals surface area contributed by atoms with Gasteiger partial charge in [0, 0.05) is 13.1 Å². The van der Waals surface area contributed by atoms with E-state index < -0.39 is 9.84 Å². The van der Waals surface area contributed by atoms with Crippen LogP contribution >= 0.6 is 34.5 Å². The lowest BCUT2D eigenvalue weighted by molar-refractivity contribution is 0.601. The first-order valence-corrected chi connectivity index (χ1v) is 8.62. The van der Waals surface area contributed by atoms with Crippen molar-refractivity contribution in [3.8, 4) is 0 Å². The molecular formula is C9H12Cl2N2O2S2. The second-order valence-electron chi connectivity index (χ2n) is 4.01. The summed E-state index contributed by atoms with van der Waals surface area (Å²) in [5.74, 6) is 0.772. The van der Waals surface area contributed by atoms with Gasteiger partial charge in [-0.05, 0) is 6.42 Å². The maximum atomic E-state index is 11.4. The molecule has 0 saturated carbocycles. The summed E-state index contributed by atoms with van der Waals surface area (Å²) in [5, 5.41) is 1.14. The van der Waals surface area contributed by atoms with Crippen molar-refractivity contribution in [2.45, 2.75) is 18.3 Å². The number of hydrogen-bond donors (Lipinski definition) is 0. The van der Waals surface area contributed by atoms with Crippen LogP contribution in [0.5, 0.6) is 0 Å². The summed E-state index contributed by atoms with van der Waals surface area (Å²) in [4.78, 5) is 6.91. The van der Waals surface area contributed by atoms with Crippen LogP contribution in [-0.4, -0.2) is 38.0 Å². The molecule has 0 spiro atoms. The molecule has 4 nitrogen and oxygen atoms in total. The number of thiazole rings is 1. The van der Waals surface area contributed by atoms with E-state index in [4.69, 9.17) is 23.2 Å². The zero-order chi connectivity index (χ0) is 12.6. The van der Waals surface area contributed by atoms with Crippen LogP contribution in [0.15, 0.2) is 0 Å². The van der Waals surface area contributed by atoms with Gasteiger partial charge in [-0.1, -0.05) is 22.9 Å². The molecule has 1 fully saturated rings. The molecule has 2 rings (SSSR count). The number of alkyl halides is 1. The van der Waals surface area contributed by atoms with Gasteiger partial charge < -0.3 is 4.90 Å². The molecule has 0 bridgehead atoms. The smallest absolute Gasteiger partial charge is 0.187 e. The zero-order valence-corrected chi connectivity index (χ0v) is 12.3. The van der Waals surface area contributed by atoms with Crippen molar-refractivity contribution in [3.05, 3.63) is 10.0 Å². The molecule has 1 unspecified atom stereocenters. The van der Waals surface area contributed by atoms with Crippen molar-refractivity contribution < 1.29 is 8.42 Å². The summed E-state index contributed by atoms with van der Waals surface area (Å²) in [5.41, 5.74) is 0. The topological polar surface area (TPSA) is 50.3 Å². The SMILES string of the molecule is CN(c1nc(Cl)c(CCl)s1)C1CCS(=O)(=O)C1. The van der Waals surface area contributed by atoms with Crippen molar-refractivity contribution in [1.29, 1.82) is 0 Å². The highest BCUT2D eigenvalue weighted by atomic mass is 35.5. The zero-order valence-electron chi connectivity index (χ0n) is 9.19. The number of aromatic nitrogens is 1. The molecule has 17 heavy (non-hydrogen) atoms. The Bertz CT molecular complexity index is 515. The summed E-state index contributed by atoms with van der Waals surface area (Å²) in [6, 6.07) is -0.00890. The second kappa shape index (κ2) is 4.91. The van der Waals surface area contributed by atoms with E-state index in [1.165, 1.54) is 11.3 Å². The third kappa shape index (κ3) is 2.86. The predicted molar refractivity (Wildman–Crippen MR) is 72.1 cm³/mol. The van der Waals surface area contributed by atoms with Gasteiger partial charge in [-0.3, -0.25) is 0 Å². The molecule has 0 amide bonds. The number of anilines is 1. The Balaban J connectivity index is 2.17. The quantitative estimate of drug-likeness (QED) is 0.802. The summed E-state index contributed by atoms with van der Waals surface area (Å²) < 4.78 is 22.8. The highest BCUT2D eigenvalue weighted by Crippen LogP contribution is 2.32.